The average Bonchev–Trinajstić information content (AvgIpc) is 2.26. The van der Waals surface area contributed by atoms with Crippen LogP contribution in [0.25, 0.3) is 0 Å². The van der Waals surface area contributed by atoms with E-state index in [1.807, 2.05) is 4.72 Å². The van der Waals surface area contributed by atoms with Crippen LogP contribution in [0.3, 0.4) is 0 Å². The Kier molecular flexibility index (Phi) is 5.26. The summed E-state index contributed by atoms with van der Waals surface area (Å²) in [5, 5.41) is -1.56. The first kappa shape index (κ1) is 16.6. The summed E-state index contributed by atoms with van der Waals surface area (Å²) in [7, 11) is -7.68. The number of sulfonamides is 1. The van der Waals surface area contributed by atoms with Crippen LogP contribution in [0.15, 0.2) is 30.3 Å². The molecule has 1 aromatic rings. The van der Waals surface area contributed by atoms with Gasteiger partial charge in [0, 0.05) is 0 Å². The maximum absolute atomic E-state index is 12.2. The van der Waals surface area contributed by atoms with Crippen molar-refractivity contribution in [2.24, 2.45) is 5.73 Å². The summed E-state index contributed by atoms with van der Waals surface area (Å²) in [6, 6.07) is 8.25. The number of nitrogens with two attached hydrogens (primary N) is 1. The van der Waals surface area contributed by atoms with Crippen molar-refractivity contribution in [3.05, 3.63) is 35.9 Å². The van der Waals surface area contributed by atoms with Crippen molar-refractivity contribution in [2.75, 3.05) is 6.26 Å². The first-order valence-corrected chi connectivity index (χ1v) is 9.22. The second kappa shape index (κ2) is 6.33. The number of hydrogen-bond donors (Lipinski definition) is 2. The molecule has 1 atom stereocenters. The van der Waals surface area contributed by atoms with E-state index in [1.54, 1.807) is 30.3 Å². The lowest BCUT2D eigenvalue weighted by atomic mass is 10.2. The summed E-state index contributed by atoms with van der Waals surface area (Å²) in [6.45, 7) is 0. The summed E-state index contributed by atoms with van der Waals surface area (Å²) in [5.41, 5.74) is 5.46. The predicted molar refractivity (Wildman–Crippen MR) is 74.6 cm³/mol. The van der Waals surface area contributed by atoms with Crippen LogP contribution >= 0.6 is 0 Å². The van der Waals surface area contributed by atoms with Crippen molar-refractivity contribution in [1.82, 2.24) is 4.72 Å². The lowest BCUT2D eigenvalue weighted by Gasteiger charge is -2.16. The third-order valence-corrected chi connectivity index (χ3v) is 5.13. The van der Waals surface area contributed by atoms with E-state index >= 15 is 0 Å². The van der Waals surface area contributed by atoms with Crippen molar-refractivity contribution in [3.8, 4) is 0 Å². The molecule has 0 aliphatic rings. The molecular weight excluding hydrogens is 304 g/mol. The van der Waals surface area contributed by atoms with Crippen LogP contribution in [-0.4, -0.2) is 34.4 Å². The molecule has 0 radical (unpaired) electrons. The number of hydrogen-bond acceptors (Lipinski definition) is 5. The SMILES string of the molecule is CS(=O)(=O)N[C@@H](CC(N)=O)S(=O)(=O)Cc1ccccc1. The number of primary amides is 1. The molecule has 0 unspecified atom stereocenters. The molecule has 0 spiro atoms. The van der Waals surface area contributed by atoms with Crippen LogP contribution in [-0.2, 0) is 30.4 Å². The molecule has 0 saturated carbocycles. The van der Waals surface area contributed by atoms with Crippen LogP contribution < -0.4 is 10.5 Å². The van der Waals surface area contributed by atoms with Gasteiger partial charge in [-0.25, -0.2) is 16.8 Å². The standard InChI is InChI=1S/C11H16N2O5S2/c1-19(15,16)13-11(7-10(12)14)20(17,18)8-9-5-3-2-4-6-9/h2-6,11,13H,7-8H2,1H3,(H2,12,14)/t11-/m1/s1. The molecule has 3 N–H and O–H groups in total. The van der Waals surface area contributed by atoms with Crippen molar-refractivity contribution in [2.45, 2.75) is 17.5 Å². The van der Waals surface area contributed by atoms with Gasteiger partial charge in [-0.15, -0.1) is 0 Å². The maximum atomic E-state index is 12.2. The summed E-state index contributed by atoms with van der Waals surface area (Å²) in [4.78, 5) is 10.9. The van der Waals surface area contributed by atoms with Crippen molar-refractivity contribution in [1.29, 1.82) is 0 Å². The monoisotopic (exact) mass is 320 g/mol. The molecular formula is C11H16N2O5S2. The Morgan fingerprint density at radius 2 is 1.75 bits per heavy atom. The summed E-state index contributed by atoms with van der Waals surface area (Å²) >= 11 is 0. The molecule has 1 aromatic carbocycles. The molecule has 0 heterocycles. The fraction of sp³-hybridized carbons (Fsp3) is 0.364. The van der Waals surface area contributed by atoms with Crippen LogP contribution in [0, 0.1) is 0 Å². The molecule has 0 saturated heterocycles. The smallest absolute Gasteiger partial charge is 0.220 e. The summed E-state index contributed by atoms with van der Waals surface area (Å²) in [5.74, 6) is -1.28. The Morgan fingerprint density at radius 1 is 1.20 bits per heavy atom. The fourth-order valence-corrected chi connectivity index (χ4v) is 4.52. The van der Waals surface area contributed by atoms with Crippen molar-refractivity contribution < 1.29 is 21.6 Å². The number of carbonyl (C=O) groups is 1. The van der Waals surface area contributed by atoms with Crippen LogP contribution in [0.1, 0.15) is 12.0 Å². The van der Waals surface area contributed by atoms with Crippen LogP contribution in [0.4, 0.5) is 0 Å². The van der Waals surface area contributed by atoms with Crippen LogP contribution in [0.2, 0.25) is 0 Å². The van der Waals surface area contributed by atoms with E-state index in [-0.39, 0.29) is 5.75 Å². The van der Waals surface area contributed by atoms with E-state index in [9.17, 15) is 21.6 Å². The van der Waals surface area contributed by atoms with Gasteiger partial charge in [0.15, 0.2) is 9.84 Å². The average molecular weight is 320 g/mol. The minimum absolute atomic E-state index is 0.381. The number of rotatable bonds is 7. The molecule has 9 heteroatoms. The van der Waals surface area contributed by atoms with Gasteiger partial charge < -0.3 is 5.73 Å². The predicted octanol–water partition coefficient (Wildman–Crippen LogP) is -0.648. The van der Waals surface area contributed by atoms with E-state index in [4.69, 9.17) is 5.73 Å². The largest absolute Gasteiger partial charge is 0.370 e. The van der Waals surface area contributed by atoms with Gasteiger partial charge in [0.1, 0.15) is 5.37 Å². The highest BCUT2D eigenvalue weighted by Crippen LogP contribution is 2.13. The Labute approximate surface area is 118 Å². The van der Waals surface area contributed by atoms with E-state index in [0.717, 1.165) is 6.26 Å². The molecule has 0 aliphatic carbocycles. The molecule has 0 fully saturated rings. The highest BCUT2D eigenvalue weighted by atomic mass is 32.2. The number of benzene rings is 1. The van der Waals surface area contributed by atoms with E-state index in [1.165, 1.54) is 0 Å². The second-order valence-electron chi connectivity index (χ2n) is 4.34. The van der Waals surface area contributed by atoms with Gasteiger partial charge in [0.2, 0.25) is 15.9 Å². The van der Waals surface area contributed by atoms with Gasteiger partial charge in [-0.1, -0.05) is 30.3 Å². The fourth-order valence-electron chi connectivity index (χ4n) is 1.57. The zero-order valence-corrected chi connectivity index (χ0v) is 12.4. The van der Waals surface area contributed by atoms with Gasteiger partial charge in [-0.05, 0) is 5.56 Å². The summed E-state index contributed by atoms with van der Waals surface area (Å²) < 4.78 is 48.7. The Bertz CT molecular complexity index is 668. The molecule has 20 heavy (non-hydrogen) atoms. The molecule has 0 bridgehead atoms. The van der Waals surface area contributed by atoms with Gasteiger partial charge in [0.25, 0.3) is 0 Å². The van der Waals surface area contributed by atoms with Crippen LogP contribution in [0.5, 0.6) is 0 Å². The molecule has 112 valence electrons. The van der Waals surface area contributed by atoms with Gasteiger partial charge in [-0.2, -0.15) is 4.72 Å². The Morgan fingerprint density at radius 3 is 2.20 bits per heavy atom. The first-order chi connectivity index (χ1) is 9.10. The Balaban J connectivity index is 3.01. The third kappa shape index (κ3) is 5.68. The number of sulfone groups is 1. The molecule has 0 aliphatic heterocycles. The summed E-state index contributed by atoms with van der Waals surface area (Å²) in [6.07, 6.45) is 0.210. The first-order valence-electron chi connectivity index (χ1n) is 5.61. The van der Waals surface area contributed by atoms with Crippen molar-refractivity contribution >= 4 is 25.8 Å². The normalized spacial score (nSPS) is 13.8. The maximum Gasteiger partial charge on any atom is 0.220 e. The lowest BCUT2D eigenvalue weighted by Crippen LogP contribution is -2.43. The van der Waals surface area contributed by atoms with E-state index < -0.39 is 37.6 Å². The molecule has 7 nitrogen and oxygen atoms in total. The molecule has 1 rings (SSSR count). The quantitative estimate of drug-likeness (QED) is 0.691. The van der Waals surface area contributed by atoms with E-state index in [0.29, 0.717) is 5.56 Å². The zero-order chi connectivity index (χ0) is 15.4. The minimum Gasteiger partial charge on any atom is -0.370 e. The number of nitrogens with one attached hydrogen (secondary N) is 1. The highest BCUT2D eigenvalue weighted by molar-refractivity contribution is 7.93. The van der Waals surface area contributed by atoms with Gasteiger partial charge >= 0.3 is 0 Å². The second-order valence-corrected chi connectivity index (χ2v) is 8.31. The lowest BCUT2D eigenvalue weighted by molar-refractivity contribution is -0.118. The molecule has 0 aromatic heterocycles. The van der Waals surface area contributed by atoms with Crippen molar-refractivity contribution in [3.63, 3.8) is 0 Å². The third-order valence-electron chi connectivity index (χ3n) is 2.38. The Hall–Kier alpha value is -1.45. The zero-order valence-electron chi connectivity index (χ0n) is 10.8. The topological polar surface area (TPSA) is 123 Å². The molecule has 1 amide bonds. The van der Waals surface area contributed by atoms with Gasteiger partial charge in [-0.3, -0.25) is 4.79 Å². The van der Waals surface area contributed by atoms with Gasteiger partial charge in [0.05, 0.1) is 18.4 Å². The highest BCUT2D eigenvalue weighted by Gasteiger charge is 2.30. The van der Waals surface area contributed by atoms with E-state index in [2.05, 4.69) is 0 Å². The minimum atomic E-state index is -3.89. The number of carbonyl (C=O) groups excluding carboxylic acids is 1. The number of amides is 1.